The maximum atomic E-state index is 5.68. The van der Waals surface area contributed by atoms with Crippen LogP contribution in [-0.2, 0) is 9.47 Å². The Morgan fingerprint density at radius 2 is 1.73 bits per heavy atom. The molecule has 1 heterocycles. The van der Waals surface area contributed by atoms with Crippen LogP contribution in [0.2, 0.25) is 0 Å². The van der Waals surface area contributed by atoms with Crippen LogP contribution < -0.4 is 0 Å². The summed E-state index contributed by atoms with van der Waals surface area (Å²) >= 11 is 0. The van der Waals surface area contributed by atoms with Crippen LogP contribution in [0, 0.1) is 5.92 Å². The number of ether oxygens (including phenoxy) is 2. The van der Waals surface area contributed by atoms with E-state index in [1.165, 1.54) is 0 Å². The molecule has 0 bridgehead atoms. The first-order valence-electron chi connectivity index (χ1n) is 5.91. The van der Waals surface area contributed by atoms with Gasteiger partial charge in [-0.1, -0.05) is 20.8 Å². The molecule has 1 rings (SSSR count). The maximum absolute atomic E-state index is 5.68. The molecule has 0 aromatic carbocycles. The summed E-state index contributed by atoms with van der Waals surface area (Å²) in [5.74, 6) is 0.441. The first kappa shape index (κ1) is 14.9. The van der Waals surface area contributed by atoms with Crippen LogP contribution in [-0.4, -0.2) is 44.5 Å². The van der Waals surface area contributed by atoms with Crippen molar-refractivity contribution in [1.82, 2.24) is 4.90 Å². The van der Waals surface area contributed by atoms with Crippen LogP contribution >= 0.6 is 0 Å². The van der Waals surface area contributed by atoms with Gasteiger partial charge in [0, 0.05) is 19.1 Å². The molecule has 0 radical (unpaired) electrons. The van der Waals surface area contributed by atoms with Crippen LogP contribution in [0.1, 0.15) is 34.1 Å². The Labute approximate surface area is 94.7 Å². The van der Waals surface area contributed by atoms with Gasteiger partial charge in [-0.15, -0.1) is 0 Å². The molecule has 0 aromatic rings. The highest BCUT2D eigenvalue weighted by Gasteiger charge is 2.35. The van der Waals surface area contributed by atoms with E-state index < -0.39 is 0 Å². The van der Waals surface area contributed by atoms with E-state index in [2.05, 4.69) is 32.8 Å². The number of nitrogens with zero attached hydrogens (tertiary/aromatic N) is 1. The summed E-state index contributed by atoms with van der Waals surface area (Å²) < 4.78 is 11.0. The lowest BCUT2D eigenvalue weighted by molar-refractivity contribution is -0.217. The van der Waals surface area contributed by atoms with Gasteiger partial charge in [0.2, 0.25) is 0 Å². The third-order valence-electron chi connectivity index (χ3n) is 2.87. The molecule has 1 unspecified atom stereocenters. The smallest absolute Gasteiger partial charge is 0.161 e. The summed E-state index contributed by atoms with van der Waals surface area (Å²) in [6, 6.07) is 0.564. The molecule has 0 amide bonds. The van der Waals surface area contributed by atoms with Crippen molar-refractivity contribution in [2.45, 2.75) is 52.6 Å². The van der Waals surface area contributed by atoms with Gasteiger partial charge in [-0.3, -0.25) is 0 Å². The maximum Gasteiger partial charge on any atom is 0.161 e. The Balaban J connectivity index is 0.000000921. The first-order chi connectivity index (χ1) is 7.06. The van der Waals surface area contributed by atoms with E-state index in [0.717, 1.165) is 6.42 Å². The molecular formula is C12H27NO2. The van der Waals surface area contributed by atoms with Gasteiger partial charge < -0.3 is 14.4 Å². The van der Waals surface area contributed by atoms with Crippen molar-refractivity contribution >= 4 is 0 Å². The standard InChI is InChI=1S/C10H21NO2.C2H6/c1-7-6-9(11(3)4)8(2)10(12-5)13-7;1-2/h7-10H,6H2,1-5H3;1-2H3/t7?,8-,9+,10-;/m1./s1. The van der Waals surface area contributed by atoms with Crippen LogP contribution in [0.25, 0.3) is 0 Å². The molecule has 0 aromatic heterocycles. The third-order valence-corrected chi connectivity index (χ3v) is 2.87. The van der Waals surface area contributed by atoms with E-state index in [1.807, 2.05) is 13.8 Å². The van der Waals surface area contributed by atoms with Crippen molar-refractivity contribution < 1.29 is 9.47 Å². The van der Waals surface area contributed by atoms with E-state index in [1.54, 1.807) is 7.11 Å². The second-order valence-corrected chi connectivity index (χ2v) is 4.18. The average Bonchev–Trinajstić information content (AvgIpc) is 2.23. The van der Waals surface area contributed by atoms with Gasteiger partial charge in [-0.25, -0.2) is 0 Å². The number of hydrogen-bond donors (Lipinski definition) is 0. The van der Waals surface area contributed by atoms with Crippen molar-refractivity contribution in [2.75, 3.05) is 21.2 Å². The molecule has 3 nitrogen and oxygen atoms in total. The van der Waals surface area contributed by atoms with Crippen LogP contribution in [0.4, 0.5) is 0 Å². The van der Waals surface area contributed by atoms with Gasteiger partial charge in [0.05, 0.1) is 6.10 Å². The van der Waals surface area contributed by atoms with Crippen LogP contribution in [0.3, 0.4) is 0 Å². The lowest BCUT2D eigenvalue weighted by Gasteiger charge is -2.41. The molecule has 92 valence electrons. The highest BCUT2D eigenvalue weighted by molar-refractivity contribution is 4.82. The Morgan fingerprint density at radius 1 is 1.20 bits per heavy atom. The lowest BCUT2D eigenvalue weighted by atomic mass is 9.92. The number of methoxy groups -OCH3 is 1. The molecular weight excluding hydrogens is 190 g/mol. The fourth-order valence-electron chi connectivity index (χ4n) is 2.10. The predicted octanol–water partition coefficient (Wildman–Crippen LogP) is 2.36. The average molecular weight is 217 g/mol. The summed E-state index contributed by atoms with van der Waals surface area (Å²) in [5.41, 5.74) is 0. The van der Waals surface area contributed by atoms with Crippen LogP contribution in [0.5, 0.6) is 0 Å². The van der Waals surface area contributed by atoms with Gasteiger partial charge in [-0.2, -0.15) is 0 Å². The van der Waals surface area contributed by atoms with E-state index in [9.17, 15) is 0 Å². The Morgan fingerprint density at radius 3 is 2.13 bits per heavy atom. The summed E-state index contributed by atoms with van der Waals surface area (Å²) in [6.07, 6.45) is 1.35. The van der Waals surface area contributed by atoms with Gasteiger partial charge in [0.15, 0.2) is 6.29 Å². The van der Waals surface area contributed by atoms with Crippen molar-refractivity contribution in [3.63, 3.8) is 0 Å². The third kappa shape index (κ3) is 4.09. The molecule has 15 heavy (non-hydrogen) atoms. The molecule has 1 aliphatic rings. The quantitative estimate of drug-likeness (QED) is 0.709. The molecule has 0 saturated carbocycles. The molecule has 1 saturated heterocycles. The zero-order valence-corrected chi connectivity index (χ0v) is 11.3. The van der Waals surface area contributed by atoms with Crippen molar-refractivity contribution in [2.24, 2.45) is 5.92 Å². The zero-order chi connectivity index (χ0) is 12.0. The van der Waals surface area contributed by atoms with E-state index >= 15 is 0 Å². The summed E-state index contributed by atoms with van der Waals surface area (Å²) in [6.45, 7) is 8.29. The molecule has 3 heteroatoms. The first-order valence-corrected chi connectivity index (χ1v) is 5.91. The number of rotatable bonds is 2. The Bertz CT molecular complexity index is 162. The molecule has 0 N–H and O–H groups in total. The van der Waals surface area contributed by atoms with E-state index in [-0.39, 0.29) is 6.29 Å². The molecule has 1 aliphatic heterocycles. The monoisotopic (exact) mass is 217 g/mol. The predicted molar refractivity (Wildman–Crippen MR) is 63.9 cm³/mol. The zero-order valence-electron chi connectivity index (χ0n) is 11.3. The minimum Gasteiger partial charge on any atom is -0.356 e. The highest BCUT2D eigenvalue weighted by Crippen LogP contribution is 2.27. The summed E-state index contributed by atoms with van der Waals surface area (Å²) in [4.78, 5) is 2.26. The summed E-state index contributed by atoms with van der Waals surface area (Å²) in [7, 11) is 5.95. The van der Waals surface area contributed by atoms with Crippen LogP contribution in [0.15, 0.2) is 0 Å². The highest BCUT2D eigenvalue weighted by atomic mass is 16.7. The molecule has 0 aliphatic carbocycles. The van der Waals surface area contributed by atoms with Gasteiger partial charge in [-0.05, 0) is 27.4 Å². The minimum atomic E-state index is -0.0452. The van der Waals surface area contributed by atoms with Crippen molar-refractivity contribution in [3.05, 3.63) is 0 Å². The van der Waals surface area contributed by atoms with Crippen molar-refractivity contribution in [1.29, 1.82) is 0 Å². The van der Waals surface area contributed by atoms with Gasteiger partial charge in [0.25, 0.3) is 0 Å². The van der Waals surface area contributed by atoms with Gasteiger partial charge >= 0.3 is 0 Å². The van der Waals surface area contributed by atoms with E-state index in [4.69, 9.17) is 9.47 Å². The second kappa shape index (κ2) is 7.20. The molecule has 1 fully saturated rings. The molecule has 4 atom stereocenters. The minimum absolute atomic E-state index is 0.0452. The van der Waals surface area contributed by atoms with E-state index in [0.29, 0.717) is 18.1 Å². The number of hydrogen-bond acceptors (Lipinski definition) is 3. The normalized spacial score (nSPS) is 36.0. The fourth-order valence-corrected chi connectivity index (χ4v) is 2.10. The van der Waals surface area contributed by atoms with Crippen molar-refractivity contribution in [3.8, 4) is 0 Å². The molecule has 0 spiro atoms. The largest absolute Gasteiger partial charge is 0.356 e. The van der Waals surface area contributed by atoms with Gasteiger partial charge in [0.1, 0.15) is 0 Å². The lowest BCUT2D eigenvalue weighted by Crippen LogP contribution is -2.48. The summed E-state index contributed by atoms with van der Waals surface area (Å²) in [5, 5.41) is 0. The Kier molecular flexibility index (Phi) is 7.14. The SMILES string of the molecule is CC.CO[C@@H]1OC(C)C[C@H](N(C)C)[C@H]1C. The topological polar surface area (TPSA) is 21.7 Å². The second-order valence-electron chi connectivity index (χ2n) is 4.18. The fraction of sp³-hybridized carbons (Fsp3) is 1.00. The Hall–Kier alpha value is -0.120.